The second kappa shape index (κ2) is 7.35. The van der Waals surface area contributed by atoms with Crippen LogP contribution >= 0.6 is 0 Å². The second-order valence-electron chi connectivity index (χ2n) is 5.87. The van der Waals surface area contributed by atoms with Crippen molar-refractivity contribution in [3.8, 4) is 11.9 Å². The van der Waals surface area contributed by atoms with Crippen LogP contribution in [-0.2, 0) is 15.8 Å². The van der Waals surface area contributed by atoms with Crippen LogP contribution in [0.3, 0.4) is 0 Å². The Hall–Kier alpha value is -2.57. The third kappa shape index (κ3) is 4.15. The zero-order chi connectivity index (χ0) is 18.7. The summed E-state index contributed by atoms with van der Waals surface area (Å²) in [6, 6.07) is 7.70. The van der Waals surface area contributed by atoms with Crippen molar-refractivity contribution < 1.29 is 21.9 Å². The molecule has 1 aromatic carbocycles. The van der Waals surface area contributed by atoms with E-state index in [-0.39, 0.29) is 24.5 Å². The van der Waals surface area contributed by atoms with E-state index in [0.717, 1.165) is 18.2 Å². The van der Waals surface area contributed by atoms with E-state index in [4.69, 9.17) is 10.00 Å². The third-order valence-electron chi connectivity index (χ3n) is 4.00. The Bertz CT molecular complexity index is 960. The molecule has 1 fully saturated rings. The topological polar surface area (TPSA) is 83.3 Å². The van der Waals surface area contributed by atoms with Crippen molar-refractivity contribution in [2.75, 3.05) is 13.1 Å². The highest BCUT2D eigenvalue weighted by molar-refractivity contribution is 7.88. The standard InChI is InChI=1S/C17H15F2N3O3S/c18-14-1-2-16(19)13(8-14)11-26(23,24)22-6-4-15(10-22)25-17-7-12(9-20)3-5-21-17/h1-3,5,7-8,15H,4,6,10-11H2. The van der Waals surface area contributed by atoms with E-state index in [9.17, 15) is 17.2 Å². The summed E-state index contributed by atoms with van der Waals surface area (Å²) in [5.74, 6) is -1.84. The van der Waals surface area contributed by atoms with Crippen LogP contribution in [-0.4, -0.2) is 36.9 Å². The van der Waals surface area contributed by atoms with E-state index in [1.807, 2.05) is 6.07 Å². The lowest BCUT2D eigenvalue weighted by atomic mass is 10.2. The van der Waals surface area contributed by atoms with Crippen LogP contribution in [0.5, 0.6) is 5.88 Å². The number of benzene rings is 1. The fourth-order valence-corrected chi connectivity index (χ4v) is 4.28. The Morgan fingerprint density at radius 3 is 2.88 bits per heavy atom. The molecule has 0 saturated carbocycles. The molecule has 0 spiro atoms. The van der Waals surface area contributed by atoms with Gasteiger partial charge in [0.2, 0.25) is 15.9 Å². The minimum atomic E-state index is -3.82. The van der Waals surface area contributed by atoms with Gasteiger partial charge in [-0.3, -0.25) is 0 Å². The molecule has 1 unspecified atom stereocenters. The van der Waals surface area contributed by atoms with Gasteiger partial charge in [0.1, 0.15) is 17.7 Å². The molecule has 6 nitrogen and oxygen atoms in total. The maximum atomic E-state index is 13.7. The van der Waals surface area contributed by atoms with E-state index in [0.29, 0.717) is 12.0 Å². The summed E-state index contributed by atoms with van der Waals surface area (Å²) >= 11 is 0. The summed E-state index contributed by atoms with van der Waals surface area (Å²) in [6.07, 6.45) is 1.44. The number of sulfonamides is 1. The number of hydrogen-bond acceptors (Lipinski definition) is 5. The molecule has 0 radical (unpaired) electrons. The summed E-state index contributed by atoms with van der Waals surface area (Å²) in [4.78, 5) is 3.99. The number of ether oxygens (including phenoxy) is 1. The van der Waals surface area contributed by atoms with Crippen LogP contribution in [0.1, 0.15) is 17.5 Å². The molecule has 0 N–H and O–H groups in total. The smallest absolute Gasteiger partial charge is 0.218 e. The molecule has 0 amide bonds. The number of hydrogen-bond donors (Lipinski definition) is 0. The summed E-state index contributed by atoms with van der Waals surface area (Å²) < 4.78 is 58.8. The van der Waals surface area contributed by atoms with Crippen molar-refractivity contribution in [2.45, 2.75) is 18.3 Å². The highest BCUT2D eigenvalue weighted by atomic mass is 32.2. The molecule has 1 aliphatic rings. The Kier molecular flexibility index (Phi) is 5.15. The molecule has 3 rings (SSSR count). The lowest BCUT2D eigenvalue weighted by Crippen LogP contribution is -2.32. The van der Waals surface area contributed by atoms with Crippen molar-refractivity contribution in [3.05, 3.63) is 59.3 Å². The van der Waals surface area contributed by atoms with Gasteiger partial charge < -0.3 is 4.74 Å². The fourth-order valence-electron chi connectivity index (χ4n) is 2.70. The van der Waals surface area contributed by atoms with Gasteiger partial charge in [0.25, 0.3) is 0 Å². The number of nitrogens with zero attached hydrogens (tertiary/aromatic N) is 3. The van der Waals surface area contributed by atoms with Gasteiger partial charge >= 0.3 is 0 Å². The molecule has 1 atom stereocenters. The molecular formula is C17H15F2N3O3S. The molecule has 136 valence electrons. The van der Waals surface area contributed by atoms with Crippen molar-refractivity contribution in [1.82, 2.24) is 9.29 Å². The summed E-state index contributed by atoms with van der Waals surface area (Å²) in [6.45, 7) is 0.291. The van der Waals surface area contributed by atoms with Gasteiger partial charge in [-0.2, -0.15) is 9.57 Å². The van der Waals surface area contributed by atoms with Crippen LogP contribution in [0.15, 0.2) is 36.5 Å². The average molecular weight is 379 g/mol. The first-order chi connectivity index (χ1) is 12.4. The van der Waals surface area contributed by atoms with Crippen molar-refractivity contribution in [1.29, 1.82) is 5.26 Å². The molecule has 1 aromatic heterocycles. The largest absolute Gasteiger partial charge is 0.473 e. The minimum Gasteiger partial charge on any atom is -0.473 e. The quantitative estimate of drug-likeness (QED) is 0.795. The number of nitriles is 1. The highest BCUT2D eigenvalue weighted by Gasteiger charge is 2.33. The summed E-state index contributed by atoms with van der Waals surface area (Å²) in [5.41, 5.74) is 0.178. The number of aromatic nitrogens is 1. The molecule has 9 heteroatoms. The summed E-state index contributed by atoms with van der Waals surface area (Å²) in [7, 11) is -3.82. The second-order valence-corrected chi connectivity index (χ2v) is 7.84. The predicted molar refractivity (Wildman–Crippen MR) is 88.5 cm³/mol. The lowest BCUT2D eigenvalue weighted by Gasteiger charge is -2.17. The van der Waals surface area contributed by atoms with E-state index in [1.54, 1.807) is 0 Å². The van der Waals surface area contributed by atoms with Crippen molar-refractivity contribution in [2.24, 2.45) is 0 Å². The van der Waals surface area contributed by atoms with Crippen LogP contribution in [0.2, 0.25) is 0 Å². The first-order valence-corrected chi connectivity index (χ1v) is 9.43. The summed E-state index contributed by atoms with van der Waals surface area (Å²) in [5, 5.41) is 8.88. The predicted octanol–water partition coefficient (Wildman–Crippen LogP) is 2.21. The van der Waals surface area contributed by atoms with Crippen LogP contribution < -0.4 is 4.74 Å². The minimum absolute atomic E-state index is 0.0811. The van der Waals surface area contributed by atoms with Crippen molar-refractivity contribution in [3.63, 3.8) is 0 Å². The maximum absolute atomic E-state index is 13.7. The van der Waals surface area contributed by atoms with Crippen LogP contribution in [0, 0.1) is 23.0 Å². The van der Waals surface area contributed by atoms with Gasteiger partial charge in [-0.15, -0.1) is 0 Å². The third-order valence-corrected chi connectivity index (χ3v) is 5.79. The molecule has 2 heterocycles. The molecule has 1 aliphatic heterocycles. The molecular weight excluding hydrogens is 364 g/mol. The first kappa shape index (κ1) is 18.2. The first-order valence-electron chi connectivity index (χ1n) is 7.82. The van der Waals surface area contributed by atoms with Gasteiger partial charge in [-0.05, 0) is 30.7 Å². The zero-order valence-electron chi connectivity index (χ0n) is 13.6. The monoisotopic (exact) mass is 379 g/mol. The van der Waals surface area contributed by atoms with Gasteiger partial charge in [0.05, 0.1) is 23.9 Å². The Morgan fingerprint density at radius 2 is 2.12 bits per heavy atom. The maximum Gasteiger partial charge on any atom is 0.218 e. The van der Waals surface area contributed by atoms with E-state index >= 15 is 0 Å². The van der Waals surface area contributed by atoms with Gasteiger partial charge in [-0.1, -0.05) is 0 Å². The molecule has 2 aromatic rings. The SMILES string of the molecule is N#Cc1ccnc(OC2CCN(S(=O)(=O)Cc3cc(F)ccc3F)C2)c1. The van der Waals surface area contributed by atoms with E-state index in [2.05, 4.69) is 4.98 Å². The fraction of sp³-hybridized carbons (Fsp3) is 0.294. The Balaban J connectivity index is 1.67. The van der Waals surface area contributed by atoms with E-state index < -0.39 is 33.5 Å². The number of rotatable bonds is 5. The molecule has 0 aliphatic carbocycles. The lowest BCUT2D eigenvalue weighted by molar-refractivity contribution is 0.207. The molecule has 0 bridgehead atoms. The molecule has 26 heavy (non-hydrogen) atoms. The number of pyridine rings is 1. The Morgan fingerprint density at radius 1 is 1.31 bits per heavy atom. The Labute approximate surface area is 149 Å². The van der Waals surface area contributed by atoms with Crippen LogP contribution in [0.25, 0.3) is 0 Å². The number of halogens is 2. The van der Waals surface area contributed by atoms with Crippen molar-refractivity contribution >= 4 is 10.0 Å². The van der Waals surface area contributed by atoms with E-state index in [1.165, 1.54) is 22.6 Å². The van der Waals surface area contributed by atoms with Gasteiger partial charge in [0.15, 0.2) is 0 Å². The highest BCUT2D eigenvalue weighted by Crippen LogP contribution is 2.22. The van der Waals surface area contributed by atoms with Gasteiger partial charge in [0, 0.05) is 24.4 Å². The molecule has 1 saturated heterocycles. The zero-order valence-corrected chi connectivity index (χ0v) is 14.4. The average Bonchev–Trinajstić information content (AvgIpc) is 3.07. The normalized spacial score (nSPS) is 17.8. The van der Waals surface area contributed by atoms with Crippen LogP contribution in [0.4, 0.5) is 8.78 Å². The van der Waals surface area contributed by atoms with Gasteiger partial charge in [-0.25, -0.2) is 22.2 Å².